The number of anilines is 2. The standard InChI is InChI=1S/C24H25N3O4S2/c1-17-6-12-21(13-7-17)33(30,31)26-19-10-8-18(9-11-19)25-24(29)22-5-2-14-27(22)23(28)16-20-4-3-15-32-20/h3-4,6-13,15,22,26H,2,5,14,16H2,1H3,(H,25,29). The summed E-state index contributed by atoms with van der Waals surface area (Å²) in [6.07, 6.45) is 1.71. The molecule has 3 aromatic rings. The minimum absolute atomic E-state index is 0.0454. The molecule has 2 heterocycles. The largest absolute Gasteiger partial charge is 0.330 e. The second kappa shape index (κ2) is 9.76. The molecule has 1 saturated heterocycles. The number of benzene rings is 2. The molecule has 1 unspecified atom stereocenters. The van der Waals surface area contributed by atoms with Gasteiger partial charge in [0.15, 0.2) is 0 Å². The lowest BCUT2D eigenvalue weighted by atomic mass is 10.2. The SMILES string of the molecule is Cc1ccc(S(=O)(=O)Nc2ccc(NC(=O)C3CCCN3C(=O)Cc3cccs3)cc2)cc1. The summed E-state index contributed by atoms with van der Waals surface area (Å²) in [6.45, 7) is 2.46. The maximum atomic E-state index is 12.8. The van der Waals surface area contributed by atoms with E-state index in [9.17, 15) is 18.0 Å². The number of rotatable bonds is 7. The number of likely N-dealkylation sites (tertiary alicyclic amines) is 1. The van der Waals surface area contributed by atoms with Crippen LogP contribution in [0.1, 0.15) is 23.3 Å². The van der Waals surface area contributed by atoms with Crippen LogP contribution in [0.15, 0.2) is 70.9 Å². The van der Waals surface area contributed by atoms with Crippen molar-refractivity contribution in [1.29, 1.82) is 0 Å². The number of hydrogen-bond donors (Lipinski definition) is 2. The summed E-state index contributed by atoms with van der Waals surface area (Å²) in [5, 5.41) is 4.78. The van der Waals surface area contributed by atoms with Crippen molar-refractivity contribution in [2.75, 3.05) is 16.6 Å². The van der Waals surface area contributed by atoms with E-state index in [0.717, 1.165) is 16.9 Å². The zero-order chi connectivity index (χ0) is 23.4. The molecule has 1 aromatic heterocycles. The smallest absolute Gasteiger partial charge is 0.261 e. The highest BCUT2D eigenvalue weighted by Gasteiger charge is 2.34. The Morgan fingerprint density at radius 1 is 1.03 bits per heavy atom. The molecule has 2 amide bonds. The minimum Gasteiger partial charge on any atom is -0.330 e. The number of thiophene rings is 1. The van der Waals surface area contributed by atoms with Crippen molar-refractivity contribution in [3.8, 4) is 0 Å². The van der Waals surface area contributed by atoms with Gasteiger partial charge in [0, 0.05) is 22.8 Å². The lowest BCUT2D eigenvalue weighted by Gasteiger charge is -2.24. The van der Waals surface area contributed by atoms with E-state index in [2.05, 4.69) is 10.0 Å². The van der Waals surface area contributed by atoms with Crippen molar-refractivity contribution in [3.63, 3.8) is 0 Å². The molecular formula is C24H25N3O4S2. The van der Waals surface area contributed by atoms with Gasteiger partial charge in [-0.3, -0.25) is 14.3 Å². The highest BCUT2D eigenvalue weighted by Crippen LogP contribution is 2.23. The van der Waals surface area contributed by atoms with E-state index in [0.29, 0.717) is 30.8 Å². The molecular weight excluding hydrogens is 458 g/mol. The maximum Gasteiger partial charge on any atom is 0.261 e. The Kier molecular flexibility index (Phi) is 6.80. The second-order valence-corrected chi connectivity index (χ2v) is 10.7. The van der Waals surface area contributed by atoms with E-state index < -0.39 is 16.1 Å². The number of aryl methyl sites for hydroxylation is 1. The molecule has 0 saturated carbocycles. The van der Waals surface area contributed by atoms with Gasteiger partial charge in [0.05, 0.1) is 11.3 Å². The number of nitrogens with zero attached hydrogens (tertiary/aromatic N) is 1. The van der Waals surface area contributed by atoms with Gasteiger partial charge in [0.25, 0.3) is 10.0 Å². The van der Waals surface area contributed by atoms with Gasteiger partial charge in [-0.2, -0.15) is 0 Å². The van der Waals surface area contributed by atoms with Crippen LogP contribution in [0.2, 0.25) is 0 Å². The summed E-state index contributed by atoms with van der Waals surface area (Å²) < 4.78 is 27.6. The van der Waals surface area contributed by atoms with Crippen molar-refractivity contribution in [3.05, 3.63) is 76.5 Å². The fourth-order valence-electron chi connectivity index (χ4n) is 3.78. The average Bonchev–Trinajstić information content (AvgIpc) is 3.47. The van der Waals surface area contributed by atoms with Crippen molar-refractivity contribution in [2.45, 2.75) is 37.1 Å². The fourth-order valence-corrected chi connectivity index (χ4v) is 5.53. The first-order valence-electron chi connectivity index (χ1n) is 10.6. The van der Waals surface area contributed by atoms with Gasteiger partial charge in [-0.1, -0.05) is 23.8 Å². The minimum atomic E-state index is -3.70. The monoisotopic (exact) mass is 483 g/mol. The number of carbonyl (C=O) groups is 2. The summed E-state index contributed by atoms with van der Waals surface area (Å²) in [5.41, 5.74) is 1.90. The Morgan fingerprint density at radius 2 is 1.73 bits per heavy atom. The molecule has 2 aromatic carbocycles. The normalized spacial score (nSPS) is 15.9. The van der Waals surface area contributed by atoms with Crippen LogP contribution in [0.5, 0.6) is 0 Å². The zero-order valence-corrected chi connectivity index (χ0v) is 19.8. The highest BCUT2D eigenvalue weighted by atomic mass is 32.2. The first-order valence-corrected chi connectivity index (χ1v) is 13.0. The molecule has 2 N–H and O–H groups in total. The first-order chi connectivity index (χ1) is 15.8. The van der Waals surface area contributed by atoms with Crippen LogP contribution >= 0.6 is 11.3 Å². The third-order valence-electron chi connectivity index (χ3n) is 5.52. The third-order valence-corrected chi connectivity index (χ3v) is 7.79. The molecule has 0 aliphatic carbocycles. The van der Waals surface area contributed by atoms with Crippen molar-refractivity contribution >= 4 is 44.5 Å². The van der Waals surface area contributed by atoms with Gasteiger partial charge in [-0.05, 0) is 67.6 Å². The van der Waals surface area contributed by atoms with Crippen molar-refractivity contribution < 1.29 is 18.0 Å². The molecule has 1 aliphatic rings. The van der Waals surface area contributed by atoms with Crippen LogP contribution in [0.25, 0.3) is 0 Å². The number of hydrogen-bond acceptors (Lipinski definition) is 5. The van der Waals surface area contributed by atoms with E-state index in [1.54, 1.807) is 53.4 Å². The van der Waals surface area contributed by atoms with Crippen molar-refractivity contribution in [2.24, 2.45) is 0 Å². The third kappa shape index (κ3) is 5.61. The molecule has 172 valence electrons. The average molecular weight is 484 g/mol. The number of sulfonamides is 1. The lowest BCUT2D eigenvalue weighted by Crippen LogP contribution is -2.43. The van der Waals surface area contributed by atoms with Crippen LogP contribution in [0.3, 0.4) is 0 Å². The van der Waals surface area contributed by atoms with Gasteiger partial charge < -0.3 is 10.2 Å². The number of nitrogens with one attached hydrogen (secondary N) is 2. The summed E-state index contributed by atoms with van der Waals surface area (Å²) >= 11 is 1.53. The molecule has 0 radical (unpaired) electrons. The summed E-state index contributed by atoms with van der Waals surface area (Å²) in [7, 11) is -3.70. The zero-order valence-electron chi connectivity index (χ0n) is 18.2. The van der Waals surface area contributed by atoms with E-state index in [1.165, 1.54) is 11.3 Å². The van der Waals surface area contributed by atoms with Crippen LogP contribution < -0.4 is 10.0 Å². The fraction of sp³-hybridized carbons (Fsp3) is 0.250. The van der Waals surface area contributed by atoms with Gasteiger partial charge >= 0.3 is 0 Å². The lowest BCUT2D eigenvalue weighted by molar-refractivity contribution is -0.136. The second-order valence-electron chi connectivity index (χ2n) is 7.99. The van der Waals surface area contributed by atoms with E-state index in [4.69, 9.17) is 0 Å². The highest BCUT2D eigenvalue weighted by molar-refractivity contribution is 7.92. The molecule has 7 nitrogen and oxygen atoms in total. The summed E-state index contributed by atoms with van der Waals surface area (Å²) in [4.78, 5) is 28.3. The Labute approximate surface area is 197 Å². The molecule has 1 fully saturated rings. The Balaban J connectivity index is 1.37. The molecule has 0 bridgehead atoms. The Bertz CT molecular complexity index is 1220. The number of carbonyl (C=O) groups excluding carboxylic acids is 2. The van der Waals surface area contributed by atoms with E-state index >= 15 is 0 Å². The molecule has 33 heavy (non-hydrogen) atoms. The molecule has 4 rings (SSSR count). The van der Waals surface area contributed by atoms with Crippen LogP contribution in [-0.2, 0) is 26.0 Å². The Hall–Kier alpha value is -3.17. The number of amides is 2. The van der Waals surface area contributed by atoms with Crippen LogP contribution in [0.4, 0.5) is 11.4 Å². The topological polar surface area (TPSA) is 95.6 Å². The summed E-state index contributed by atoms with van der Waals surface area (Å²) in [5.74, 6) is -0.282. The van der Waals surface area contributed by atoms with Gasteiger partial charge in [0.2, 0.25) is 11.8 Å². The van der Waals surface area contributed by atoms with Gasteiger partial charge in [-0.15, -0.1) is 11.3 Å². The molecule has 1 atom stereocenters. The van der Waals surface area contributed by atoms with Gasteiger partial charge in [0.1, 0.15) is 6.04 Å². The molecule has 9 heteroatoms. The Morgan fingerprint density at radius 3 is 2.39 bits per heavy atom. The van der Waals surface area contributed by atoms with Crippen LogP contribution in [-0.4, -0.2) is 37.7 Å². The molecule has 1 aliphatic heterocycles. The predicted molar refractivity (Wildman–Crippen MR) is 130 cm³/mol. The van der Waals surface area contributed by atoms with Crippen molar-refractivity contribution in [1.82, 2.24) is 4.90 Å². The quantitative estimate of drug-likeness (QED) is 0.530. The first kappa shape index (κ1) is 23.0. The maximum absolute atomic E-state index is 12.8. The van der Waals surface area contributed by atoms with Crippen LogP contribution in [0, 0.1) is 6.92 Å². The van der Waals surface area contributed by atoms with E-state index in [-0.39, 0.29) is 16.7 Å². The predicted octanol–water partition coefficient (Wildman–Crippen LogP) is 4.03. The summed E-state index contributed by atoms with van der Waals surface area (Å²) in [6, 6.07) is 16.4. The van der Waals surface area contributed by atoms with E-state index in [1.807, 2.05) is 24.4 Å². The molecule has 0 spiro atoms. The van der Waals surface area contributed by atoms with Gasteiger partial charge in [-0.25, -0.2) is 8.42 Å².